The average molecular weight is 390 g/mol. The maximum Gasteiger partial charge on any atom is 0.342 e. The lowest BCUT2D eigenvalue weighted by Crippen LogP contribution is -2.16. The largest absolute Gasteiger partial charge is 0.496 e. The molecule has 2 aromatic carbocycles. The van der Waals surface area contributed by atoms with E-state index in [1.54, 1.807) is 0 Å². The van der Waals surface area contributed by atoms with Crippen molar-refractivity contribution in [3.05, 3.63) is 63.5 Å². The van der Waals surface area contributed by atoms with Crippen molar-refractivity contribution >= 4 is 29.0 Å². The second-order valence-corrected chi connectivity index (χ2v) is 5.52. The molecular formula is C18H15FN2O7. The lowest BCUT2D eigenvalue weighted by Gasteiger charge is -2.09. The van der Waals surface area contributed by atoms with E-state index < -0.39 is 35.0 Å². The van der Waals surface area contributed by atoms with E-state index in [0.29, 0.717) is 0 Å². The Labute approximate surface area is 158 Å². The van der Waals surface area contributed by atoms with Crippen molar-refractivity contribution in [2.75, 3.05) is 19.0 Å². The van der Waals surface area contributed by atoms with Crippen LogP contribution in [0, 0.1) is 15.9 Å². The predicted molar refractivity (Wildman–Crippen MR) is 95.0 cm³/mol. The number of carbonyl (C=O) groups is 3. The fourth-order valence-corrected chi connectivity index (χ4v) is 2.28. The number of nitro benzene ring substituents is 1. The molecule has 1 amide bonds. The maximum atomic E-state index is 14.1. The summed E-state index contributed by atoms with van der Waals surface area (Å²) in [6, 6.07) is 6.74. The number of benzene rings is 2. The smallest absolute Gasteiger partial charge is 0.342 e. The molecule has 2 aromatic rings. The summed E-state index contributed by atoms with van der Waals surface area (Å²) in [4.78, 5) is 45.4. The first-order valence-corrected chi connectivity index (χ1v) is 7.82. The summed E-state index contributed by atoms with van der Waals surface area (Å²) in [7, 11) is 1.26. The van der Waals surface area contributed by atoms with Gasteiger partial charge in [0, 0.05) is 24.7 Å². The van der Waals surface area contributed by atoms with Crippen LogP contribution in [0.5, 0.6) is 5.75 Å². The normalized spacial score (nSPS) is 10.1. The van der Waals surface area contributed by atoms with Crippen LogP contribution in [0.3, 0.4) is 0 Å². The van der Waals surface area contributed by atoms with Crippen molar-refractivity contribution in [2.24, 2.45) is 0 Å². The number of nitrogens with zero attached hydrogens (tertiary/aromatic N) is 1. The third-order valence-corrected chi connectivity index (χ3v) is 3.54. The Morgan fingerprint density at radius 1 is 1.14 bits per heavy atom. The van der Waals surface area contributed by atoms with Crippen LogP contribution in [-0.2, 0) is 9.53 Å². The number of halogens is 1. The third kappa shape index (κ3) is 4.87. The predicted octanol–water partition coefficient (Wildman–Crippen LogP) is 2.74. The number of methoxy groups -OCH3 is 1. The van der Waals surface area contributed by atoms with Gasteiger partial charge in [0.1, 0.15) is 17.1 Å². The summed E-state index contributed by atoms with van der Waals surface area (Å²) in [6.07, 6.45) is 0. The Balaban J connectivity index is 2.12. The van der Waals surface area contributed by atoms with Gasteiger partial charge in [-0.25, -0.2) is 9.18 Å². The Hall–Kier alpha value is -3.82. The number of hydrogen-bond donors (Lipinski definition) is 1. The van der Waals surface area contributed by atoms with Crippen LogP contribution in [0.15, 0.2) is 36.4 Å². The summed E-state index contributed by atoms with van der Waals surface area (Å²) < 4.78 is 23.8. The summed E-state index contributed by atoms with van der Waals surface area (Å²) in [5.41, 5.74) is -0.780. The van der Waals surface area contributed by atoms with Crippen molar-refractivity contribution in [3.8, 4) is 5.75 Å². The number of Topliss-reactive ketones (excluding diaryl/α,β-unsaturated/α-hetero) is 1. The molecule has 1 N–H and O–H groups in total. The molecule has 28 heavy (non-hydrogen) atoms. The van der Waals surface area contributed by atoms with Gasteiger partial charge in [0.15, 0.2) is 6.61 Å². The Morgan fingerprint density at radius 3 is 2.43 bits per heavy atom. The zero-order valence-electron chi connectivity index (χ0n) is 14.9. The highest BCUT2D eigenvalue weighted by atomic mass is 19.1. The monoisotopic (exact) mass is 390 g/mol. The van der Waals surface area contributed by atoms with E-state index >= 15 is 0 Å². The number of hydrogen-bond acceptors (Lipinski definition) is 7. The highest BCUT2D eigenvalue weighted by Crippen LogP contribution is 2.25. The standard InChI is InChI=1S/C18H15FN2O7/c1-10(22)20-11-3-5-13(15(19)7-11)16(23)9-28-18(24)14-8-12(21(25)26)4-6-17(14)27-2/h3-8H,9H2,1-2H3,(H,20,22). The average Bonchev–Trinajstić information content (AvgIpc) is 2.64. The minimum Gasteiger partial charge on any atom is -0.496 e. The van der Waals surface area contributed by atoms with Crippen molar-refractivity contribution in [1.29, 1.82) is 0 Å². The summed E-state index contributed by atoms with van der Waals surface area (Å²) in [5, 5.41) is 13.2. The zero-order valence-corrected chi connectivity index (χ0v) is 14.9. The van der Waals surface area contributed by atoms with Crippen LogP contribution in [0.4, 0.5) is 15.8 Å². The molecule has 9 nitrogen and oxygen atoms in total. The van der Waals surface area contributed by atoms with Gasteiger partial charge in [0.2, 0.25) is 11.7 Å². The summed E-state index contributed by atoms with van der Waals surface area (Å²) >= 11 is 0. The molecule has 0 atom stereocenters. The third-order valence-electron chi connectivity index (χ3n) is 3.54. The summed E-state index contributed by atoms with van der Waals surface area (Å²) in [5.74, 6) is -3.15. The van der Waals surface area contributed by atoms with Gasteiger partial charge in [0.25, 0.3) is 5.69 Å². The first kappa shape index (κ1) is 20.5. The number of esters is 1. The molecule has 0 bridgehead atoms. The van der Waals surface area contributed by atoms with Gasteiger partial charge in [-0.2, -0.15) is 0 Å². The van der Waals surface area contributed by atoms with E-state index in [9.17, 15) is 28.9 Å². The molecule has 0 unspecified atom stereocenters. The molecular weight excluding hydrogens is 375 g/mol. The van der Waals surface area contributed by atoms with Gasteiger partial charge < -0.3 is 14.8 Å². The lowest BCUT2D eigenvalue weighted by atomic mass is 10.1. The number of nitrogens with one attached hydrogen (secondary N) is 1. The maximum absolute atomic E-state index is 14.1. The van der Waals surface area contributed by atoms with E-state index in [0.717, 1.165) is 24.3 Å². The molecule has 0 radical (unpaired) electrons. The molecule has 0 aliphatic carbocycles. The number of nitro groups is 1. The fraction of sp³-hybridized carbons (Fsp3) is 0.167. The van der Waals surface area contributed by atoms with E-state index in [1.807, 2.05) is 0 Å². The Bertz CT molecular complexity index is 959. The molecule has 0 spiro atoms. The van der Waals surface area contributed by atoms with E-state index in [-0.39, 0.29) is 28.3 Å². The number of carbonyl (C=O) groups excluding carboxylic acids is 3. The molecule has 0 aliphatic heterocycles. The molecule has 10 heteroatoms. The highest BCUT2D eigenvalue weighted by molar-refractivity contribution is 6.01. The van der Waals surface area contributed by atoms with Gasteiger partial charge in [-0.15, -0.1) is 0 Å². The van der Waals surface area contributed by atoms with Crippen LogP contribution in [0.1, 0.15) is 27.6 Å². The number of ketones is 1. The highest BCUT2D eigenvalue weighted by Gasteiger charge is 2.21. The second-order valence-electron chi connectivity index (χ2n) is 5.52. The number of non-ortho nitro benzene ring substituents is 1. The Morgan fingerprint density at radius 2 is 1.86 bits per heavy atom. The zero-order chi connectivity index (χ0) is 20.8. The quantitative estimate of drug-likeness (QED) is 0.333. The van der Waals surface area contributed by atoms with Gasteiger partial charge in [-0.3, -0.25) is 19.7 Å². The molecule has 0 saturated carbocycles. The van der Waals surface area contributed by atoms with Crippen LogP contribution in [-0.4, -0.2) is 36.3 Å². The molecule has 146 valence electrons. The van der Waals surface area contributed by atoms with E-state index in [2.05, 4.69) is 5.32 Å². The molecule has 2 rings (SSSR count). The van der Waals surface area contributed by atoms with Crippen LogP contribution in [0.2, 0.25) is 0 Å². The number of ether oxygens (including phenoxy) is 2. The molecule has 0 heterocycles. The first-order chi connectivity index (χ1) is 13.2. The Kier molecular flexibility index (Phi) is 6.38. The fourth-order valence-electron chi connectivity index (χ4n) is 2.28. The summed E-state index contributed by atoms with van der Waals surface area (Å²) in [6.45, 7) is 0.458. The van der Waals surface area contributed by atoms with Crippen LogP contribution < -0.4 is 10.1 Å². The number of rotatable bonds is 7. The molecule has 0 aliphatic rings. The van der Waals surface area contributed by atoms with Crippen molar-refractivity contribution in [1.82, 2.24) is 0 Å². The first-order valence-electron chi connectivity index (χ1n) is 7.82. The van der Waals surface area contributed by atoms with Gasteiger partial charge >= 0.3 is 5.97 Å². The van der Waals surface area contributed by atoms with E-state index in [4.69, 9.17) is 9.47 Å². The minimum absolute atomic E-state index is 0.0221. The van der Waals surface area contributed by atoms with E-state index in [1.165, 1.54) is 26.2 Å². The van der Waals surface area contributed by atoms with Crippen molar-refractivity contribution in [3.63, 3.8) is 0 Å². The van der Waals surface area contributed by atoms with Gasteiger partial charge in [-0.05, 0) is 24.3 Å². The molecule has 0 fully saturated rings. The second kappa shape index (κ2) is 8.71. The van der Waals surface area contributed by atoms with Crippen molar-refractivity contribution in [2.45, 2.75) is 6.92 Å². The topological polar surface area (TPSA) is 125 Å². The minimum atomic E-state index is -1.04. The number of anilines is 1. The molecule has 0 aromatic heterocycles. The van der Waals surface area contributed by atoms with Crippen LogP contribution >= 0.6 is 0 Å². The molecule has 0 saturated heterocycles. The number of amides is 1. The van der Waals surface area contributed by atoms with Gasteiger partial charge in [0.05, 0.1) is 17.6 Å². The van der Waals surface area contributed by atoms with Crippen LogP contribution in [0.25, 0.3) is 0 Å². The van der Waals surface area contributed by atoms with Crippen molar-refractivity contribution < 1.29 is 33.2 Å². The SMILES string of the molecule is COc1ccc([N+](=O)[O-])cc1C(=O)OCC(=O)c1ccc(NC(C)=O)cc1F. The van der Waals surface area contributed by atoms with Gasteiger partial charge in [-0.1, -0.05) is 0 Å². The lowest BCUT2D eigenvalue weighted by molar-refractivity contribution is -0.384.